The predicted molar refractivity (Wildman–Crippen MR) is 102 cm³/mol. The van der Waals surface area contributed by atoms with Crippen LogP contribution in [0.2, 0.25) is 0 Å². The van der Waals surface area contributed by atoms with Crippen molar-refractivity contribution in [3.63, 3.8) is 0 Å². The molecule has 8 nitrogen and oxygen atoms in total. The normalized spacial score (nSPS) is 15.1. The lowest BCUT2D eigenvalue weighted by Gasteiger charge is -2.37. The molecule has 1 aromatic carbocycles. The minimum Gasteiger partial charge on any atom is -0.355 e. The van der Waals surface area contributed by atoms with Gasteiger partial charge in [0, 0.05) is 37.8 Å². The van der Waals surface area contributed by atoms with Gasteiger partial charge in [0.2, 0.25) is 0 Å². The first kappa shape index (κ1) is 17.1. The molecule has 0 spiro atoms. The van der Waals surface area contributed by atoms with E-state index in [-0.39, 0.29) is 11.5 Å². The zero-order valence-corrected chi connectivity index (χ0v) is 15.0. The molecule has 0 radical (unpaired) electrons. The Morgan fingerprint density at radius 2 is 1.89 bits per heavy atom. The Balaban J connectivity index is 1.50. The summed E-state index contributed by atoms with van der Waals surface area (Å²) in [6.45, 7) is 1.26. The minimum absolute atomic E-state index is 0.150. The Morgan fingerprint density at radius 1 is 1.15 bits per heavy atom. The van der Waals surface area contributed by atoms with Crippen LogP contribution in [0.15, 0.2) is 47.4 Å². The average Bonchev–Trinajstić information content (AvgIpc) is 2.74. The minimum atomic E-state index is -0.286. The van der Waals surface area contributed by atoms with Gasteiger partial charge in [0.25, 0.3) is 11.5 Å². The van der Waals surface area contributed by atoms with Gasteiger partial charge in [-0.05, 0) is 31.0 Å². The van der Waals surface area contributed by atoms with Crippen LogP contribution in [0.3, 0.4) is 0 Å². The zero-order chi connectivity index (χ0) is 18.8. The van der Waals surface area contributed by atoms with Gasteiger partial charge in [0.15, 0.2) is 11.5 Å². The number of aromatic nitrogens is 4. The molecule has 8 heteroatoms. The Kier molecular flexibility index (Phi) is 4.53. The van der Waals surface area contributed by atoms with Gasteiger partial charge in [-0.25, -0.2) is 5.10 Å². The molecule has 1 aliphatic rings. The summed E-state index contributed by atoms with van der Waals surface area (Å²) in [6.07, 6.45) is 3.32. The predicted octanol–water partition coefficient (Wildman–Crippen LogP) is 1.45. The van der Waals surface area contributed by atoms with Crippen LogP contribution in [-0.4, -0.2) is 57.4 Å². The van der Waals surface area contributed by atoms with E-state index in [0.29, 0.717) is 35.6 Å². The average molecular weight is 364 g/mol. The Morgan fingerprint density at radius 3 is 2.59 bits per heavy atom. The van der Waals surface area contributed by atoms with E-state index >= 15 is 0 Å². The Bertz CT molecular complexity index is 1010. The van der Waals surface area contributed by atoms with E-state index in [1.807, 2.05) is 25.2 Å². The SMILES string of the molecule is CN(c1cccnn1)C1CCN(C(=O)c2n[nH]c(=O)c3ccccc23)CC1. The summed E-state index contributed by atoms with van der Waals surface area (Å²) in [5.41, 5.74) is 0.0115. The summed E-state index contributed by atoms with van der Waals surface area (Å²) in [5, 5.41) is 15.6. The van der Waals surface area contributed by atoms with Crippen molar-refractivity contribution in [1.29, 1.82) is 0 Å². The molecular formula is C19H20N6O2. The molecule has 1 saturated heterocycles. The van der Waals surface area contributed by atoms with Crippen molar-refractivity contribution in [3.05, 3.63) is 58.6 Å². The third kappa shape index (κ3) is 3.25. The highest BCUT2D eigenvalue weighted by Gasteiger charge is 2.28. The number of piperidine rings is 1. The summed E-state index contributed by atoms with van der Waals surface area (Å²) in [6, 6.07) is 11.1. The van der Waals surface area contributed by atoms with Crippen LogP contribution in [0.5, 0.6) is 0 Å². The number of carbonyl (C=O) groups is 1. The molecular weight excluding hydrogens is 344 g/mol. The molecule has 2 aromatic heterocycles. The topological polar surface area (TPSA) is 95.1 Å². The number of hydrogen-bond donors (Lipinski definition) is 1. The molecule has 0 saturated carbocycles. The summed E-state index contributed by atoms with van der Waals surface area (Å²) in [4.78, 5) is 28.8. The number of amides is 1. The third-order valence-electron chi connectivity index (χ3n) is 5.12. The summed E-state index contributed by atoms with van der Waals surface area (Å²) in [5.74, 6) is 0.679. The van der Waals surface area contributed by atoms with Crippen molar-refractivity contribution in [2.24, 2.45) is 0 Å². The van der Waals surface area contributed by atoms with Gasteiger partial charge in [0.05, 0.1) is 5.39 Å². The van der Waals surface area contributed by atoms with E-state index in [1.54, 1.807) is 29.3 Å². The number of hydrogen-bond acceptors (Lipinski definition) is 6. The number of benzene rings is 1. The van der Waals surface area contributed by atoms with Crippen LogP contribution in [0.25, 0.3) is 10.8 Å². The quantitative estimate of drug-likeness (QED) is 0.756. The first-order valence-corrected chi connectivity index (χ1v) is 8.92. The molecule has 138 valence electrons. The Labute approximate surface area is 155 Å². The fourth-order valence-electron chi connectivity index (χ4n) is 3.55. The summed E-state index contributed by atoms with van der Waals surface area (Å²) >= 11 is 0. The van der Waals surface area contributed by atoms with Crippen molar-refractivity contribution in [3.8, 4) is 0 Å². The number of likely N-dealkylation sites (tertiary alicyclic amines) is 1. The number of aromatic amines is 1. The molecule has 1 fully saturated rings. The molecule has 4 rings (SSSR count). The zero-order valence-electron chi connectivity index (χ0n) is 15.0. The lowest BCUT2D eigenvalue weighted by Crippen LogP contribution is -2.46. The van der Waals surface area contributed by atoms with Crippen LogP contribution in [0.4, 0.5) is 5.82 Å². The van der Waals surface area contributed by atoms with E-state index in [9.17, 15) is 9.59 Å². The largest absolute Gasteiger partial charge is 0.355 e. The van der Waals surface area contributed by atoms with Gasteiger partial charge in [-0.15, -0.1) is 5.10 Å². The standard InChI is InChI=1S/C19H20N6O2/c1-24(16-7-4-10-20-21-16)13-8-11-25(12-9-13)19(27)17-14-5-2-3-6-15(14)18(26)23-22-17/h2-7,10,13H,8-9,11-12H2,1H3,(H,23,26). The van der Waals surface area contributed by atoms with Crippen LogP contribution in [0, 0.1) is 0 Å². The summed E-state index contributed by atoms with van der Waals surface area (Å²) < 4.78 is 0. The molecule has 0 aliphatic carbocycles. The van der Waals surface area contributed by atoms with E-state index in [0.717, 1.165) is 18.7 Å². The molecule has 1 aliphatic heterocycles. The number of fused-ring (bicyclic) bond motifs is 1. The van der Waals surface area contributed by atoms with Crippen molar-refractivity contribution >= 4 is 22.5 Å². The van der Waals surface area contributed by atoms with Crippen LogP contribution in [-0.2, 0) is 0 Å². The lowest BCUT2D eigenvalue weighted by atomic mass is 10.0. The highest BCUT2D eigenvalue weighted by molar-refractivity contribution is 6.04. The summed E-state index contributed by atoms with van der Waals surface area (Å²) in [7, 11) is 2.00. The maximum absolute atomic E-state index is 13.0. The maximum atomic E-state index is 13.0. The van der Waals surface area contributed by atoms with E-state index < -0.39 is 0 Å². The van der Waals surface area contributed by atoms with Gasteiger partial charge < -0.3 is 9.80 Å². The second-order valence-electron chi connectivity index (χ2n) is 6.66. The van der Waals surface area contributed by atoms with E-state index in [2.05, 4.69) is 25.3 Å². The van der Waals surface area contributed by atoms with Gasteiger partial charge >= 0.3 is 0 Å². The highest BCUT2D eigenvalue weighted by Crippen LogP contribution is 2.22. The number of carbonyl (C=O) groups excluding carboxylic acids is 1. The smallest absolute Gasteiger partial charge is 0.274 e. The number of H-pyrrole nitrogens is 1. The highest BCUT2D eigenvalue weighted by atomic mass is 16.2. The van der Waals surface area contributed by atoms with Crippen molar-refractivity contribution < 1.29 is 4.79 Å². The Hall–Kier alpha value is -3.29. The van der Waals surface area contributed by atoms with Gasteiger partial charge in [-0.2, -0.15) is 10.2 Å². The van der Waals surface area contributed by atoms with E-state index in [4.69, 9.17) is 0 Å². The number of nitrogens with zero attached hydrogens (tertiary/aromatic N) is 5. The molecule has 3 heterocycles. The van der Waals surface area contributed by atoms with Gasteiger partial charge in [-0.1, -0.05) is 18.2 Å². The van der Waals surface area contributed by atoms with Crippen molar-refractivity contribution in [1.82, 2.24) is 25.3 Å². The molecule has 1 amide bonds. The maximum Gasteiger partial charge on any atom is 0.274 e. The number of rotatable bonds is 3. The molecule has 0 unspecified atom stereocenters. The molecule has 3 aromatic rings. The fraction of sp³-hybridized carbons (Fsp3) is 0.316. The number of nitrogens with one attached hydrogen (secondary N) is 1. The molecule has 0 atom stereocenters. The van der Waals surface area contributed by atoms with Crippen LogP contribution >= 0.6 is 0 Å². The monoisotopic (exact) mass is 364 g/mol. The van der Waals surface area contributed by atoms with Crippen LogP contribution < -0.4 is 10.5 Å². The molecule has 1 N–H and O–H groups in total. The first-order chi connectivity index (χ1) is 13.1. The van der Waals surface area contributed by atoms with E-state index in [1.165, 1.54) is 0 Å². The first-order valence-electron chi connectivity index (χ1n) is 8.92. The molecule has 0 bridgehead atoms. The molecule has 27 heavy (non-hydrogen) atoms. The number of anilines is 1. The second kappa shape index (κ2) is 7.14. The third-order valence-corrected chi connectivity index (χ3v) is 5.12. The van der Waals surface area contributed by atoms with Gasteiger partial charge in [-0.3, -0.25) is 9.59 Å². The second-order valence-corrected chi connectivity index (χ2v) is 6.66. The fourth-order valence-corrected chi connectivity index (χ4v) is 3.55. The van der Waals surface area contributed by atoms with Crippen LogP contribution in [0.1, 0.15) is 23.3 Å². The lowest BCUT2D eigenvalue weighted by molar-refractivity contribution is 0.0708. The van der Waals surface area contributed by atoms with Crippen molar-refractivity contribution in [2.75, 3.05) is 25.0 Å². The van der Waals surface area contributed by atoms with Gasteiger partial charge in [0.1, 0.15) is 0 Å². The van der Waals surface area contributed by atoms with Crippen molar-refractivity contribution in [2.45, 2.75) is 18.9 Å².